The van der Waals surface area contributed by atoms with E-state index in [2.05, 4.69) is 46.1 Å². The number of ether oxygens (including phenoxy) is 2. The Morgan fingerprint density at radius 1 is 1.00 bits per heavy atom. The van der Waals surface area contributed by atoms with Crippen LogP contribution >= 0.6 is 0 Å². The average Bonchev–Trinajstić information content (AvgIpc) is 3.43. The van der Waals surface area contributed by atoms with Gasteiger partial charge in [-0.3, -0.25) is 14.8 Å². The third-order valence-corrected chi connectivity index (χ3v) is 11.7. The fraction of sp³-hybridized carbons (Fsp3) is 0.710. The molecule has 6 atom stereocenters. The number of morpholine rings is 1. The summed E-state index contributed by atoms with van der Waals surface area (Å²) in [6, 6.07) is 3.52. The van der Waals surface area contributed by atoms with Crippen LogP contribution < -0.4 is 0 Å². The molecule has 192 valence electrons. The summed E-state index contributed by atoms with van der Waals surface area (Å²) in [6.45, 7) is 8.83. The Kier molecular flexibility index (Phi) is 4.98. The zero-order valence-corrected chi connectivity index (χ0v) is 21.9. The van der Waals surface area contributed by atoms with Gasteiger partial charge in [-0.25, -0.2) is 0 Å². The van der Waals surface area contributed by atoms with Gasteiger partial charge in [0.2, 0.25) is 0 Å². The van der Waals surface area contributed by atoms with Crippen LogP contribution in [0, 0.1) is 11.3 Å². The SMILES string of the molecule is C[C@]12CC=C3C=C4CC[C@H](N5CCOCC5)C[C@]45CC[C@]3(O5)[C@@H]1CC[C@@H]2N1CCc2ccncc2C1. The van der Waals surface area contributed by atoms with Crippen LogP contribution in [-0.2, 0) is 22.4 Å². The predicted molar refractivity (Wildman–Crippen MR) is 140 cm³/mol. The maximum atomic E-state index is 7.55. The Morgan fingerprint density at radius 3 is 2.83 bits per heavy atom. The van der Waals surface area contributed by atoms with Crippen LogP contribution in [0.15, 0.2) is 41.8 Å². The molecular weight excluding hydrogens is 446 g/mol. The highest BCUT2D eigenvalue weighted by atomic mass is 16.5. The highest BCUT2D eigenvalue weighted by Gasteiger charge is 2.67. The molecule has 8 rings (SSSR count). The molecule has 0 aromatic carbocycles. The Bertz CT molecular complexity index is 1120. The van der Waals surface area contributed by atoms with E-state index in [0.717, 1.165) is 39.3 Å². The maximum Gasteiger partial charge on any atom is 0.0975 e. The van der Waals surface area contributed by atoms with Gasteiger partial charge >= 0.3 is 0 Å². The van der Waals surface area contributed by atoms with Gasteiger partial charge in [0.15, 0.2) is 0 Å². The Balaban J connectivity index is 1.09. The molecule has 0 unspecified atom stereocenters. The van der Waals surface area contributed by atoms with Gasteiger partial charge < -0.3 is 9.47 Å². The minimum absolute atomic E-state index is 0.00929. The first kappa shape index (κ1) is 22.5. The lowest BCUT2D eigenvalue weighted by atomic mass is 9.59. The van der Waals surface area contributed by atoms with Crippen LogP contribution in [0.1, 0.15) is 69.4 Å². The zero-order chi connectivity index (χ0) is 24.0. The molecule has 3 aliphatic carbocycles. The molecule has 36 heavy (non-hydrogen) atoms. The summed E-state index contributed by atoms with van der Waals surface area (Å²) in [7, 11) is 0. The van der Waals surface area contributed by atoms with Gasteiger partial charge in [-0.15, -0.1) is 0 Å². The van der Waals surface area contributed by atoms with Crippen molar-refractivity contribution in [3.63, 3.8) is 0 Å². The van der Waals surface area contributed by atoms with E-state index in [-0.39, 0.29) is 11.2 Å². The van der Waals surface area contributed by atoms with Crippen LogP contribution in [0.5, 0.6) is 0 Å². The van der Waals surface area contributed by atoms with Gasteiger partial charge in [0.25, 0.3) is 0 Å². The lowest BCUT2D eigenvalue weighted by molar-refractivity contribution is -0.147. The summed E-state index contributed by atoms with van der Waals surface area (Å²) in [5.41, 5.74) is 6.34. The summed E-state index contributed by atoms with van der Waals surface area (Å²) in [5, 5.41) is 0. The number of nitrogens with zero attached hydrogens (tertiary/aromatic N) is 3. The number of allylic oxidation sites excluding steroid dienone is 1. The standard InChI is InChI=1S/C31H41N3O2/c1-29-9-6-25-18-24-2-3-26(33-14-16-35-17-15-33)19-30(24)10-11-31(25,36-30)27(29)4-5-28(29)34-13-8-22-7-12-32-20-23(22)21-34/h6-7,12,18,20,26-28H,2-5,8-11,13-17,19,21H2,1H3/t26-,27+,28-,29-,30+,31+/m0/s1. The maximum absolute atomic E-state index is 7.55. The molecule has 4 fully saturated rings. The van der Waals surface area contributed by atoms with Crippen molar-refractivity contribution >= 4 is 0 Å². The van der Waals surface area contributed by atoms with Crippen LogP contribution in [0.3, 0.4) is 0 Å². The molecule has 1 aromatic rings. The number of aromatic nitrogens is 1. The van der Waals surface area contributed by atoms with E-state index in [9.17, 15) is 0 Å². The molecule has 2 spiro atoms. The molecule has 5 heteroatoms. The first-order chi connectivity index (χ1) is 17.6. The smallest absolute Gasteiger partial charge is 0.0975 e. The molecular formula is C31H41N3O2. The third kappa shape index (κ3) is 3.06. The molecule has 2 saturated heterocycles. The predicted octanol–water partition coefficient (Wildman–Crippen LogP) is 4.67. The van der Waals surface area contributed by atoms with Gasteiger partial charge in [-0.05, 0) is 97.5 Å². The molecule has 0 N–H and O–H groups in total. The highest BCUT2D eigenvalue weighted by Crippen LogP contribution is 2.67. The summed E-state index contributed by atoms with van der Waals surface area (Å²) >= 11 is 0. The number of rotatable bonds is 2. The van der Waals surface area contributed by atoms with Crippen molar-refractivity contribution in [1.82, 2.24) is 14.8 Å². The Labute approximate surface area is 215 Å². The van der Waals surface area contributed by atoms with Crippen molar-refractivity contribution in [3.8, 4) is 0 Å². The van der Waals surface area contributed by atoms with Crippen molar-refractivity contribution in [3.05, 3.63) is 52.9 Å². The van der Waals surface area contributed by atoms with E-state index in [1.54, 1.807) is 11.1 Å². The first-order valence-corrected chi connectivity index (χ1v) is 14.7. The highest BCUT2D eigenvalue weighted by molar-refractivity contribution is 5.47. The van der Waals surface area contributed by atoms with Gasteiger partial charge in [-0.2, -0.15) is 0 Å². The molecule has 5 heterocycles. The number of pyridine rings is 1. The van der Waals surface area contributed by atoms with E-state index in [1.807, 2.05) is 6.20 Å². The largest absolute Gasteiger partial charge is 0.379 e. The van der Waals surface area contributed by atoms with Gasteiger partial charge in [0.1, 0.15) is 0 Å². The molecule has 5 nitrogen and oxygen atoms in total. The lowest BCUT2D eigenvalue weighted by Crippen LogP contribution is -2.58. The van der Waals surface area contributed by atoms with Crippen molar-refractivity contribution in [2.75, 3.05) is 32.8 Å². The number of fused-ring (bicyclic) bond motifs is 2. The van der Waals surface area contributed by atoms with E-state index >= 15 is 0 Å². The minimum atomic E-state index is -0.0482. The topological polar surface area (TPSA) is 37.8 Å². The van der Waals surface area contributed by atoms with Crippen molar-refractivity contribution < 1.29 is 9.47 Å². The summed E-state index contributed by atoms with van der Waals surface area (Å²) in [5.74, 6) is 0.631. The Morgan fingerprint density at radius 2 is 1.92 bits per heavy atom. The monoisotopic (exact) mass is 487 g/mol. The average molecular weight is 488 g/mol. The van der Waals surface area contributed by atoms with Crippen molar-refractivity contribution in [2.24, 2.45) is 11.3 Å². The van der Waals surface area contributed by atoms with E-state index in [0.29, 0.717) is 23.4 Å². The van der Waals surface area contributed by atoms with Gasteiger partial charge in [-0.1, -0.05) is 19.1 Å². The summed E-state index contributed by atoms with van der Waals surface area (Å²) in [6.07, 6.45) is 20.4. The fourth-order valence-corrected chi connectivity index (χ4v) is 9.88. The van der Waals surface area contributed by atoms with E-state index < -0.39 is 0 Å². The molecule has 4 aliphatic heterocycles. The molecule has 2 saturated carbocycles. The summed E-state index contributed by atoms with van der Waals surface area (Å²) < 4.78 is 13.2. The van der Waals surface area contributed by atoms with E-state index in [1.165, 1.54) is 69.0 Å². The van der Waals surface area contributed by atoms with Crippen LogP contribution in [0.4, 0.5) is 0 Å². The number of hydrogen-bond donors (Lipinski definition) is 0. The molecule has 0 radical (unpaired) electrons. The number of hydrogen-bond acceptors (Lipinski definition) is 5. The zero-order valence-electron chi connectivity index (χ0n) is 21.9. The second kappa shape index (κ2) is 7.99. The quantitative estimate of drug-likeness (QED) is 0.606. The van der Waals surface area contributed by atoms with E-state index in [4.69, 9.17) is 9.47 Å². The van der Waals surface area contributed by atoms with Gasteiger partial charge in [0, 0.05) is 50.7 Å². The van der Waals surface area contributed by atoms with Crippen LogP contribution in [-0.4, -0.2) is 70.9 Å². The normalized spacial score (nSPS) is 44.2. The molecule has 0 amide bonds. The lowest BCUT2D eigenvalue weighted by Gasteiger charge is -2.56. The van der Waals surface area contributed by atoms with Crippen molar-refractivity contribution in [1.29, 1.82) is 0 Å². The first-order valence-electron chi connectivity index (χ1n) is 14.7. The summed E-state index contributed by atoms with van der Waals surface area (Å²) in [4.78, 5) is 9.96. The Hall–Kier alpha value is -1.53. The van der Waals surface area contributed by atoms with Gasteiger partial charge in [0.05, 0.1) is 24.4 Å². The molecule has 2 bridgehead atoms. The fourth-order valence-electron chi connectivity index (χ4n) is 9.88. The molecule has 1 aromatic heterocycles. The molecule has 7 aliphatic rings. The second-order valence-electron chi connectivity index (χ2n) is 13.1. The van der Waals surface area contributed by atoms with Crippen molar-refractivity contribution in [2.45, 2.75) is 94.5 Å². The second-order valence-corrected chi connectivity index (χ2v) is 13.1. The van der Waals surface area contributed by atoms with Crippen LogP contribution in [0.2, 0.25) is 0 Å². The third-order valence-electron chi connectivity index (χ3n) is 11.7. The van der Waals surface area contributed by atoms with Crippen LogP contribution in [0.25, 0.3) is 0 Å². The minimum Gasteiger partial charge on any atom is -0.379 e.